The van der Waals surface area contributed by atoms with Gasteiger partial charge in [-0.25, -0.2) is 13.6 Å². The lowest BCUT2D eigenvalue weighted by Crippen LogP contribution is -2.28. The van der Waals surface area contributed by atoms with Gasteiger partial charge in [-0.05, 0) is 67.7 Å². The van der Waals surface area contributed by atoms with E-state index in [9.17, 15) is 18.0 Å². The van der Waals surface area contributed by atoms with Crippen molar-refractivity contribution in [3.63, 3.8) is 0 Å². The van der Waals surface area contributed by atoms with Crippen LogP contribution in [0.2, 0.25) is 0 Å². The normalized spacial score (nSPS) is 18.6. The Morgan fingerprint density at radius 2 is 1.58 bits per heavy atom. The smallest absolute Gasteiger partial charge is 0.340 e. The van der Waals surface area contributed by atoms with Gasteiger partial charge in [0.25, 0.3) is 0 Å². The number of esters is 1. The van der Waals surface area contributed by atoms with Gasteiger partial charge in [0, 0.05) is 5.56 Å². The van der Waals surface area contributed by atoms with E-state index in [2.05, 4.69) is 6.92 Å². The van der Waals surface area contributed by atoms with Gasteiger partial charge in [-0.1, -0.05) is 70.2 Å². The third-order valence-electron chi connectivity index (χ3n) is 7.02. The molecule has 3 rings (SSSR count). The molecule has 0 spiro atoms. The molecule has 1 aliphatic rings. The molecule has 0 N–H and O–H groups in total. The van der Waals surface area contributed by atoms with E-state index >= 15 is 0 Å². The second kappa shape index (κ2) is 14.3. The van der Waals surface area contributed by atoms with Gasteiger partial charge >= 0.3 is 5.97 Å². The summed E-state index contributed by atoms with van der Waals surface area (Å²) in [7, 11) is 0. The van der Waals surface area contributed by atoms with Crippen LogP contribution >= 0.6 is 0 Å². The van der Waals surface area contributed by atoms with Crippen LogP contribution in [0.3, 0.4) is 0 Å². The number of rotatable bonds is 13. The van der Waals surface area contributed by atoms with Crippen molar-refractivity contribution < 1.29 is 27.4 Å². The summed E-state index contributed by atoms with van der Waals surface area (Å²) >= 11 is 0. The Morgan fingerprint density at radius 3 is 2.25 bits per heavy atom. The maximum atomic E-state index is 14.8. The first-order valence-corrected chi connectivity index (χ1v) is 13.5. The fourth-order valence-electron chi connectivity index (χ4n) is 4.77. The van der Waals surface area contributed by atoms with Gasteiger partial charge < -0.3 is 9.47 Å². The van der Waals surface area contributed by atoms with E-state index in [0.29, 0.717) is 37.4 Å². The number of ether oxygens (including phenoxy) is 2. The van der Waals surface area contributed by atoms with E-state index in [1.807, 2.05) is 31.2 Å². The summed E-state index contributed by atoms with van der Waals surface area (Å²) in [6.07, 6.45) is 7.04. The van der Waals surface area contributed by atoms with Crippen LogP contribution in [0, 0.1) is 11.6 Å². The van der Waals surface area contributed by atoms with E-state index in [-0.39, 0.29) is 23.8 Å². The van der Waals surface area contributed by atoms with Gasteiger partial charge in [-0.3, -0.25) is 0 Å². The molecular weight excluding hydrogens is 465 g/mol. The van der Waals surface area contributed by atoms with Crippen LogP contribution in [-0.4, -0.2) is 24.9 Å². The minimum atomic E-state index is -1.54. The molecule has 2 aromatic carbocycles. The summed E-state index contributed by atoms with van der Waals surface area (Å²) in [5, 5.41) is 0. The molecule has 36 heavy (non-hydrogen) atoms. The van der Waals surface area contributed by atoms with Crippen LogP contribution in [-0.2, 0) is 9.53 Å². The van der Waals surface area contributed by atoms with Crippen molar-refractivity contribution >= 4 is 5.97 Å². The minimum Gasteiger partial charge on any atom is -0.490 e. The first kappa shape index (κ1) is 28.1. The van der Waals surface area contributed by atoms with E-state index < -0.39 is 23.8 Å². The fraction of sp³-hybridized carbons (Fsp3) is 0.567. The summed E-state index contributed by atoms with van der Waals surface area (Å²) in [4.78, 5) is 11.9. The van der Waals surface area contributed by atoms with E-state index in [1.165, 1.54) is 6.07 Å². The molecule has 0 aliphatic heterocycles. The molecule has 0 saturated heterocycles. The van der Waals surface area contributed by atoms with Crippen molar-refractivity contribution in [1.82, 2.24) is 0 Å². The molecule has 0 unspecified atom stereocenters. The molecule has 3 nitrogen and oxygen atoms in total. The molecule has 1 saturated carbocycles. The number of carbonyl (C=O) groups excluding carboxylic acids is 1. The Morgan fingerprint density at radius 1 is 0.889 bits per heavy atom. The molecule has 0 heterocycles. The van der Waals surface area contributed by atoms with Crippen molar-refractivity contribution in [1.29, 1.82) is 0 Å². The van der Waals surface area contributed by atoms with Crippen LogP contribution in [0.4, 0.5) is 13.2 Å². The number of unbranched alkanes of at least 4 members (excludes halogenated alkanes) is 4. The SMILES string of the molecule is CCCCCCOc1ccc(-c2ccc(C3CCC(OC(=O)[C@@H](F)CCCC)CC3)cc2)c(F)c1F. The van der Waals surface area contributed by atoms with Crippen LogP contribution < -0.4 is 4.74 Å². The molecule has 1 fully saturated rings. The second-order valence-corrected chi connectivity index (χ2v) is 9.79. The van der Waals surface area contributed by atoms with Gasteiger partial charge in [0.15, 0.2) is 17.7 Å². The van der Waals surface area contributed by atoms with Crippen molar-refractivity contribution in [2.24, 2.45) is 0 Å². The van der Waals surface area contributed by atoms with Gasteiger partial charge in [0.05, 0.1) is 6.61 Å². The zero-order valence-corrected chi connectivity index (χ0v) is 21.5. The van der Waals surface area contributed by atoms with Crippen LogP contribution in [0.25, 0.3) is 11.1 Å². The molecule has 2 aromatic rings. The van der Waals surface area contributed by atoms with Gasteiger partial charge in [0.2, 0.25) is 5.82 Å². The van der Waals surface area contributed by atoms with E-state index in [4.69, 9.17) is 9.47 Å². The lowest BCUT2D eigenvalue weighted by atomic mass is 9.82. The highest BCUT2D eigenvalue weighted by Crippen LogP contribution is 2.36. The number of hydrogen-bond donors (Lipinski definition) is 0. The molecule has 1 aliphatic carbocycles. The summed E-state index contributed by atoms with van der Waals surface area (Å²) in [6.45, 7) is 4.45. The average Bonchev–Trinajstić information content (AvgIpc) is 2.90. The topological polar surface area (TPSA) is 35.5 Å². The maximum Gasteiger partial charge on any atom is 0.340 e. The summed E-state index contributed by atoms with van der Waals surface area (Å²) < 4.78 is 54.1. The predicted octanol–water partition coefficient (Wildman–Crippen LogP) is 8.69. The summed E-state index contributed by atoms with van der Waals surface area (Å²) in [5.74, 6) is -2.35. The number of halogens is 3. The number of benzene rings is 2. The third kappa shape index (κ3) is 7.75. The Hall–Kier alpha value is -2.50. The third-order valence-corrected chi connectivity index (χ3v) is 7.02. The molecule has 0 bridgehead atoms. The van der Waals surface area contributed by atoms with Crippen molar-refractivity contribution in [2.45, 2.75) is 103 Å². The molecule has 0 aromatic heterocycles. The van der Waals surface area contributed by atoms with Crippen LogP contribution in [0.15, 0.2) is 36.4 Å². The Labute approximate surface area is 213 Å². The number of hydrogen-bond acceptors (Lipinski definition) is 3. The maximum absolute atomic E-state index is 14.8. The van der Waals surface area contributed by atoms with E-state index in [0.717, 1.165) is 50.5 Å². The van der Waals surface area contributed by atoms with Gasteiger partial charge in [-0.2, -0.15) is 4.39 Å². The van der Waals surface area contributed by atoms with Gasteiger partial charge in [-0.15, -0.1) is 0 Å². The predicted molar refractivity (Wildman–Crippen MR) is 137 cm³/mol. The molecule has 0 radical (unpaired) electrons. The van der Waals surface area contributed by atoms with Crippen molar-refractivity contribution in [3.05, 3.63) is 53.6 Å². The lowest BCUT2D eigenvalue weighted by molar-refractivity contribution is -0.157. The van der Waals surface area contributed by atoms with Crippen LogP contribution in [0.1, 0.15) is 96.0 Å². The Kier molecular flexibility index (Phi) is 11.1. The Balaban J connectivity index is 1.53. The zero-order valence-electron chi connectivity index (χ0n) is 21.5. The Bertz CT molecular complexity index is 953. The quantitative estimate of drug-likeness (QED) is 0.202. The molecular formula is C30H39F3O3. The second-order valence-electron chi connectivity index (χ2n) is 9.79. The zero-order chi connectivity index (χ0) is 25.9. The first-order chi connectivity index (χ1) is 17.4. The summed E-state index contributed by atoms with van der Waals surface area (Å²) in [6, 6.07) is 10.6. The highest BCUT2D eigenvalue weighted by atomic mass is 19.2. The highest BCUT2D eigenvalue weighted by Gasteiger charge is 2.28. The first-order valence-electron chi connectivity index (χ1n) is 13.5. The minimum absolute atomic E-state index is 0.0497. The van der Waals surface area contributed by atoms with E-state index in [1.54, 1.807) is 6.07 Å². The molecule has 198 valence electrons. The van der Waals surface area contributed by atoms with Crippen molar-refractivity contribution in [2.75, 3.05) is 6.61 Å². The highest BCUT2D eigenvalue weighted by molar-refractivity contribution is 5.74. The average molecular weight is 505 g/mol. The van der Waals surface area contributed by atoms with Gasteiger partial charge in [0.1, 0.15) is 6.10 Å². The standard InChI is InChI=1S/C30H39F3O3/c1-3-5-7-8-20-35-27-19-18-25(28(32)29(27)33)23-12-10-21(11-13-23)22-14-16-24(17-15-22)36-30(34)26(31)9-6-4-2/h10-13,18-19,22,24,26H,3-9,14-17,20H2,1-2H3/t22?,24?,26-/m0/s1. The van der Waals surface area contributed by atoms with Crippen molar-refractivity contribution in [3.8, 4) is 16.9 Å². The summed E-state index contributed by atoms with van der Waals surface area (Å²) in [5.41, 5.74) is 1.92. The molecule has 6 heteroatoms. The van der Waals surface area contributed by atoms with Crippen LogP contribution in [0.5, 0.6) is 5.75 Å². The number of alkyl halides is 1. The molecule has 1 atom stereocenters. The monoisotopic (exact) mass is 504 g/mol. The number of carbonyl (C=O) groups is 1. The fourth-order valence-corrected chi connectivity index (χ4v) is 4.77. The largest absolute Gasteiger partial charge is 0.490 e. The molecule has 0 amide bonds. The lowest BCUT2D eigenvalue weighted by Gasteiger charge is -2.29.